The highest BCUT2D eigenvalue weighted by Gasteiger charge is 2.19. The Hall–Kier alpha value is -5.47. The normalized spacial score (nSPS) is 10.8. The van der Waals surface area contributed by atoms with Crippen LogP contribution in [0.1, 0.15) is 26.3 Å². The number of ether oxygens (including phenoxy) is 2. The van der Waals surface area contributed by atoms with Gasteiger partial charge in [0.1, 0.15) is 5.75 Å². The fourth-order valence-electron chi connectivity index (χ4n) is 4.74. The van der Waals surface area contributed by atoms with Crippen molar-refractivity contribution in [3.63, 3.8) is 0 Å². The summed E-state index contributed by atoms with van der Waals surface area (Å²) in [7, 11) is 1.81. The van der Waals surface area contributed by atoms with Gasteiger partial charge in [-0.1, -0.05) is 57.4 Å². The maximum Gasteiger partial charge on any atom is 0.329 e. The van der Waals surface area contributed by atoms with Crippen molar-refractivity contribution in [1.29, 1.82) is 0 Å². The maximum atomic E-state index is 12.8. The summed E-state index contributed by atoms with van der Waals surface area (Å²) in [6.45, 7) is 2.63. The summed E-state index contributed by atoms with van der Waals surface area (Å²) in [5.74, 6) is 1.02. The van der Waals surface area contributed by atoms with Crippen molar-refractivity contribution in [1.82, 2.24) is 20.6 Å². The fourth-order valence-corrected chi connectivity index (χ4v) is 5.21. The van der Waals surface area contributed by atoms with Crippen LogP contribution in [0, 0.1) is 0 Å². The van der Waals surface area contributed by atoms with Crippen molar-refractivity contribution in [2.45, 2.75) is 6.54 Å². The van der Waals surface area contributed by atoms with E-state index in [4.69, 9.17) is 32.7 Å². The Morgan fingerprint density at radius 2 is 1.33 bits per heavy atom. The number of halogens is 2. The lowest BCUT2D eigenvalue weighted by atomic mass is 10.1. The first-order chi connectivity index (χ1) is 25.2. The minimum Gasteiger partial charge on any atom is -0.508 e. The molecule has 2 amide bonds. The Bertz CT molecular complexity index is 1930. The fraction of sp³-hybridized carbons (Fsp3) is 0.216. The van der Waals surface area contributed by atoms with Gasteiger partial charge in [-0.05, 0) is 78.4 Å². The summed E-state index contributed by atoms with van der Waals surface area (Å²) in [5, 5.41) is 26.1. The number of hydrogen-bond donors (Lipinski definition) is 6. The summed E-state index contributed by atoms with van der Waals surface area (Å²) >= 11 is 12.2. The van der Waals surface area contributed by atoms with E-state index in [1.54, 1.807) is 83.4 Å². The van der Waals surface area contributed by atoms with Gasteiger partial charge in [-0.3, -0.25) is 14.9 Å². The lowest BCUT2D eigenvalue weighted by molar-refractivity contribution is -0.647. The van der Waals surface area contributed by atoms with Crippen LogP contribution in [0.5, 0.6) is 5.75 Å². The first-order valence-corrected chi connectivity index (χ1v) is 17.2. The molecule has 52 heavy (non-hydrogen) atoms. The summed E-state index contributed by atoms with van der Waals surface area (Å²) in [4.78, 5) is 34.2. The Balaban J connectivity index is 1.13. The number of hydrogen-bond acceptors (Lipinski definition) is 10. The van der Waals surface area contributed by atoms with Crippen LogP contribution in [-0.4, -0.2) is 66.4 Å². The zero-order valence-electron chi connectivity index (χ0n) is 28.4. The number of aromatic nitrogens is 3. The number of aromatic hydroxyl groups is 1. The summed E-state index contributed by atoms with van der Waals surface area (Å²) in [6.07, 6.45) is 0. The van der Waals surface area contributed by atoms with E-state index >= 15 is 0 Å². The van der Waals surface area contributed by atoms with E-state index < -0.39 is 0 Å². The van der Waals surface area contributed by atoms with Crippen molar-refractivity contribution in [2.24, 2.45) is 7.05 Å². The molecule has 0 aliphatic rings. The van der Waals surface area contributed by atoms with Crippen molar-refractivity contribution >= 4 is 64.2 Å². The first-order valence-electron chi connectivity index (χ1n) is 16.4. The van der Waals surface area contributed by atoms with Crippen LogP contribution < -0.4 is 31.2 Å². The van der Waals surface area contributed by atoms with Gasteiger partial charge in [0.2, 0.25) is 0 Å². The van der Waals surface area contributed by atoms with Crippen molar-refractivity contribution < 1.29 is 28.7 Å². The van der Waals surface area contributed by atoms with E-state index in [9.17, 15) is 14.7 Å². The molecule has 0 saturated carbocycles. The van der Waals surface area contributed by atoms with Crippen molar-refractivity contribution in [2.75, 3.05) is 55.5 Å². The molecule has 0 fully saturated rings. The molecule has 0 unspecified atom stereocenters. The van der Waals surface area contributed by atoms with Crippen molar-refractivity contribution in [3.05, 3.63) is 124 Å². The maximum absolute atomic E-state index is 12.8. The minimum atomic E-state index is -0.252. The van der Waals surface area contributed by atoms with Crippen LogP contribution in [0.4, 0.5) is 29.2 Å². The van der Waals surface area contributed by atoms with Gasteiger partial charge in [0.05, 0.1) is 38.7 Å². The second-order valence-corrected chi connectivity index (χ2v) is 12.2. The molecule has 0 atom stereocenters. The van der Waals surface area contributed by atoms with E-state index in [1.807, 2.05) is 25.2 Å². The Morgan fingerprint density at radius 1 is 0.712 bits per heavy atom. The van der Waals surface area contributed by atoms with Crippen LogP contribution >= 0.6 is 23.2 Å². The smallest absolute Gasteiger partial charge is 0.329 e. The standard InChI is InChI=1S/C37H38Cl2N8O5/c1-47-36(41-18-20-52-22-21-51-19-17-40-33(49)25-5-3-2-4-6-25)45-35(43-29-13-15-31(48)16-14-29)46-37(47)44-30-11-8-26(9-12-30)34(50)42-24-27-7-10-28(38)23-32(27)39/h2-16,23H,17-22,24H2,1H3,(H5,40,41,42,43,44,45,46,48,49,50)/p+1. The van der Waals surface area contributed by atoms with E-state index in [0.29, 0.717) is 89.9 Å². The Kier molecular flexibility index (Phi) is 14.0. The van der Waals surface area contributed by atoms with Gasteiger partial charge in [0, 0.05) is 47.0 Å². The molecular formula is C37H39Cl2N8O5+. The summed E-state index contributed by atoms with van der Waals surface area (Å²) in [5.41, 5.74) is 3.21. The number of benzene rings is 4. The number of nitrogens with zero attached hydrogens (tertiary/aromatic N) is 3. The molecule has 0 saturated heterocycles. The van der Waals surface area contributed by atoms with Gasteiger partial charge in [-0.25, -0.2) is 4.57 Å². The summed E-state index contributed by atoms with van der Waals surface area (Å²) < 4.78 is 13.0. The molecule has 13 nitrogen and oxygen atoms in total. The number of amides is 2. The molecule has 1 heterocycles. The van der Waals surface area contributed by atoms with Crippen LogP contribution in [0.25, 0.3) is 0 Å². The predicted octanol–water partition coefficient (Wildman–Crippen LogP) is 5.61. The number of rotatable bonds is 18. The number of anilines is 5. The monoisotopic (exact) mass is 745 g/mol. The largest absolute Gasteiger partial charge is 0.508 e. The molecule has 5 aromatic rings. The third-order valence-electron chi connectivity index (χ3n) is 7.51. The molecule has 0 bridgehead atoms. The highest BCUT2D eigenvalue weighted by Crippen LogP contribution is 2.22. The number of phenolic OH excluding ortho intramolecular Hbond substituents is 1. The average Bonchev–Trinajstić information content (AvgIpc) is 3.15. The van der Waals surface area contributed by atoms with Crippen molar-refractivity contribution in [3.8, 4) is 5.75 Å². The molecular weight excluding hydrogens is 707 g/mol. The molecule has 0 spiro atoms. The van der Waals surface area contributed by atoms with E-state index in [1.165, 1.54) is 0 Å². The molecule has 1 aromatic heterocycles. The third-order valence-corrected chi connectivity index (χ3v) is 8.10. The highest BCUT2D eigenvalue weighted by molar-refractivity contribution is 6.35. The lowest BCUT2D eigenvalue weighted by Gasteiger charge is -2.12. The number of nitrogens with one attached hydrogen (secondary N) is 5. The minimum absolute atomic E-state index is 0.139. The van der Waals surface area contributed by atoms with Gasteiger partial charge in [-0.2, -0.15) is 0 Å². The molecule has 5 rings (SSSR count). The highest BCUT2D eigenvalue weighted by atomic mass is 35.5. The van der Waals surface area contributed by atoms with Crippen LogP contribution in [0.2, 0.25) is 10.0 Å². The molecule has 0 aliphatic carbocycles. The van der Waals surface area contributed by atoms with Crippen LogP contribution in [0.3, 0.4) is 0 Å². The second kappa shape index (κ2) is 19.2. The van der Waals surface area contributed by atoms with E-state index in [2.05, 4.69) is 36.6 Å². The Labute approximate surface area is 311 Å². The Morgan fingerprint density at radius 3 is 2.04 bits per heavy atom. The summed E-state index contributed by atoms with van der Waals surface area (Å²) in [6, 6.07) is 27.7. The molecule has 0 aliphatic heterocycles. The average molecular weight is 747 g/mol. The van der Waals surface area contributed by atoms with Gasteiger partial charge < -0.3 is 35.8 Å². The van der Waals surface area contributed by atoms with Gasteiger partial charge in [0.25, 0.3) is 11.8 Å². The third kappa shape index (κ3) is 11.5. The molecule has 6 N–H and O–H groups in total. The first kappa shape index (κ1) is 37.8. The number of phenols is 1. The van der Waals surface area contributed by atoms with Gasteiger partial charge >= 0.3 is 17.8 Å². The SMILES string of the molecule is C[n+]1c(NCCOCCOCCNC(=O)c2ccccc2)nc(Nc2ccc(O)cc2)nc1Nc1ccc(C(=O)NCc2ccc(Cl)cc2Cl)cc1. The van der Waals surface area contributed by atoms with Crippen LogP contribution in [-0.2, 0) is 23.1 Å². The molecule has 15 heteroatoms. The van der Waals surface area contributed by atoms with E-state index in [0.717, 1.165) is 5.56 Å². The molecule has 0 radical (unpaired) electrons. The zero-order chi connectivity index (χ0) is 36.7. The molecule has 4 aromatic carbocycles. The van der Waals surface area contributed by atoms with E-state index in [-0.39, 0.29) is 24.1 Å². The zero-order valence-corrected chi connectivity index (χ0v) is 29.9. The topological polar surface area (TPSA) is 163 Å². The predicted molar refractivity (Wildman–Crippen MR) is 201 cm³/mol. The lowest BCUT2D eigenvalue weighted by Crippen LogP contribution is -2.39. The molecule has 270 valence electrons. The number of carbonyl (C=O) groups excluding carboxylic acids is 2. The number of carbonyl (C=O) groups is 2. The van der Waals surface area contributed by atoms with Gasteiger partial charge in [0.15, 0.2) is 0 Å². The van der Waals surface area contributed by atoms with Crippen LogP contribution in [0.15, 0.2) is 97.1 Å². The quantitative estimate of drug-likeness (QED) is 0.0378. The second-order valence-electron chi connectivity index (χ2n) is 11.3. The van der Waals surface area contributed by atoms with Gasteiger partial charge in [-0.15, -0.1) is 0 Å².